The second-order valence-corrected chi connectivity index (χ2v) is 2.66. The summed E-state index contributed by atoms with van der Waals surface area (Å²) in [4.78, 5) is 0. The number of alkyl halides is 1. The van der Waals surface area contributed by atoms with E-state index < -0.39 is 6.17 Å². The molecule has 0 radical (unpaired) electrons. The Hall–Kier alpha value is -0.960. The Morgan fingerprint density at radius 1 is 1.50 bits per heavy atom. The molecule has 0 aliphatic carbocycles. The van der Waals surface area contributed by atoms with Crippen molar-refractivity contribution in [3.8, 4) is 0 Å². The molecule has 0 bridgehead atoms. The molecular weight excluding hydrogens is 160 g/mol. The summed E-state index contributed by atoms with van der Waals surface area (Å²) < 4.78 is 25.9. The summed E-state index contributed by atoms with van der Waals surface area (Å²) in [5, 5.41) is 0. The topological polar surface area (TPSA) is 26.0 Å². The van der Waals surface area contributed by atoms with Crippen LogP contribution in [0.25, 0.3) is 0 Å². The zero-order chi connectivity index (χ0) is 9.14. The number of nitrogens with two attached hydrogens (primary N) is 1. The highest BCUT2D eigenvalue weighted by Crippen LogP contribution is 2.21. The zero-order valence-corrected chi connectivity index (χ0v) is 6.85. The van der Waals surface area contributed by atoms with Crippen LogP contribution in [0.4, 0.5) is 8.78 Å². The summed E-state index contributed by atoms with van der Waals surface area (Å²) in [5.74, 6) is -0.386. The first-order valence-electron chi connectivity index (χ1n) is 3.76. The van der Waals surface area contributed by atoms with Gasteiger partial charge in [0.25, 0.3) is 0 Å². The van der Waals surface area contributed by atoms with Crippen molar-refractivity contribution in [2.75, 3.05) is 6.54 Å². The van der Waals surface area contributed by atoms with Crippen LogP contribution in [0.1, 0.15) is 17.3 Å². The van der Waals surface area contributed by atoms with E-state index >= 15 is 0 Å². The van der Waals surface area contributed by atoms with Crippen LogP contribution in [0.3, 0.4) is 0 Å². The Bertz CT molecular complexity index is 273. The minimum absolute atomic E-state index is 0.107. The Kier molecular flexibility index (Phi) is 2.76. The maximum absolute atomic E-state index is 13.0. The summed E-state index contributed by atoms with van der Waals surface area (Å²) in [6, 6.07) is 4.35. The number of halogens is 2. The van der Waals surface area contributed by atoms with Gasteiger partial charge in [0, 0.05) is 6.54 Å². The van der Waals surface area contributed by atoms with Crippen molar-refractivity contribution in [3.63, 3.8) is 0 Å². The van der Waals surface area contributed by atoms with Gasteiger partial charge in [-0.15, -0.1) is 0 Å². The average molecular weight is 171 g/mol. The van der Waals surface area contributed by atoms with Crippen molar-refractivity contribution in [3.05, 3.63) is 35.1 Å². The maximum Gasteiger partial charge on any atom is 0.138 e. The van der Waals surface area contributed by atoms with Gasteiger partial charge in [0.2, 0.25) is 0 Å². The normalized spacial score (nSPS) is 13.0. The van der Waals surface area contributed by atoms with Crippen LogP contribution in [0.5, 0.6) is 0 Å². The lowest BCUT2D eigenvalue weighted by molar-refractivity contribution is 0.350. The Balaban J connectivity index is 3.07. The van der Waals surface area contributed by atoms with Gasteiger partial charge in [0.1, 0.15) is 12.0 Å². The molecule has 0 saturated heterocycles. The molecule has 0 fully saturated rings. The molecule has 1 aromatic carbocycles. The van der Waals surface area contributed by atoms with Crippen LogP contribution in [0, 0.1) is 12.7 Å². The van der Waals surface area contributed by atoms with Crippen molar-refractivity contribution in [2.24, 2.45) is 5.73 Å². The molecule has 1 rings (SSSR count). The van der Waals surface area contributed by atoms with E-state index in [0.717, 1.165) is 0 Å². The fourth-order valence-corrected chi connectivity index (χ4v) is 1.09. The summed E-state index contributed by atoms with van der Waals surface area (Å²) >= 11 is 0. The highest BCUT2D eigenvalue weighted by molar-refractivity contribution is 5.29. The molecule has 1 aromatic rings. The van der Waals surface area contributed by atoms with Crippen molar-refractivity contribution < 1.29 is 8.78 Å². The molecular formula is C9H11F2N. The van der Waals surface area contributed by atoms with Gasteiger partial charge in [-0.3, -0.25) is 0 Å². The lowest BCUT2D eigenvalue weighted by Gasteiger charge is -2.08. The summed E-state index contributed by atoms with van der Waals surface area (Å²) in [5.41, 5.74) is 5.81. The molecule has 0 aromatic heterocycles. The first-order valence-corrected chi connectivity index (χ1v) is 3.76. The Labute approximate surface area is 70.2 Å². The summed E-state index contributed by atoms with van der Waals surface area (Å²) in [6.45, 7) is 1.44. The van der Waals surface area contributed by atoms with Gasteiger partial charge in [-0.2, -0.15) is 0 Å². The lowest BCUT2D eigenvalue weighted by Crippen LogP contribution is -2.09. The minimum Gasteiger partial charge on any atom is -0.327 e. The highest BCUT2D eigenvalue weighted by atomic mass is 19.1. The molecule has 2 N–H and O–H groups in total. The molecule has 0 saturated carbocycles. The third-order valence-corrected chi connectivity index (χ3v) is 1.85. The maximum atomic E-state index is 13.0. The third-order valence-electron chi connectivity index (χ3n) is 1.85. The Morgan fingerprint density at radius 2 is 2.17 bits per heavy atom. The van der Waals surface area contributed by atoms with E-state index in [4.69, 9.17) is 5.73 Å². The van der Waals surface area contributed by atoms with Crippen molar-refractivity contribution in [1.82, 2.24) is 0 Å². The van der Waals surface area contributed by atoms with Crippen LogP contribution in [-0.2, 0) is 0 Å². The average Bonchev–Trinajstić information content (AvgIpc) is 2.08. The first kappa shape index (κ1) is 9.13. The van der Waals surface area contributed by atoms with Gasteiger partial charge in [-0.25, -0.2) is 8.78 Å². The standard InChI is InChI=1S/C9H11F2N/c1-6-7(9(11)5-12)3-2-4-8(6)10/h2-4,9H,5,12H2,1H3. The molecule has 0 aliphatic heterocycles. The molecule has 0 aliphatic rings. The summed E-state index contributed by atoms with van der Waals surface area (Å²) in [7, 11) is 0. The molecule has 0 amide bonds. The van der Waals surface area contributed by atoms with Crippen LogP contribution in [-0.4, -0.2) is 6.54 Å². The largest absolute Gasteiger partial charge is 0.327 e. The molecule has 0 spiro atoms. The highest BCUT2D eigenvalue weighted by Gasteiger charge is 2.11. The Morgan fingerprint density at radius 3 is 2.75 bits per heavy atom. The SMILES string of the molecule is Cc1c(F)cccc1C(F)CN. The van der Waals surface area contributed by atoms with E-state index in [-0.39, 0.29) is 12.4 Å². The quantitative estimate of drug-likeness (QED) is 0.724. The van der Waals surface area contributed by atoms with Crippen molar-refractivity contribution in [1.29, 1.82) is 0 Å². The van der Waals surface area contributed by atoms with Crippen molar-refractivity contribution in [2.45, 2.75) is 13.1 Å². The molecule has 66 valence electrons. The van der Waals surface area contributed by atoms with Gasteiger partial charge < -0.3 is 5.73 Å². The summed E-state index contributed by atoms with van der Waals surface area (Å²) in [6.07, 6.45) is -1.26. The van der Waals surface area contributed by atoms with Gasteiger partial charge in [0.05, 0.1) is 0 Å². The number of rotatable bonds is 2. The second-order valence-electron chi connectivity index (χ2n) is 2.66. The van der Waals surface area contributed by atoms with Crippen LogP contribution >= 0.6 is 0 Å². The van der Waals surface area contributed by atoms with Gasteiger partial charge in [0.15, 0.2) is 0 Å². The smallest absolute Gasteiger partial charge is 0.138 e. The van der Waals surface area contributed by atoms with Gasteiger partial charge >= 0.3 is 0 Å². The van der Waals surface area contributed by atoms with E-state index in [1.54, 1.807) is 13.0 Å². The lowest BCUT2D eigenvalue weighted by atomic mass is 10.0. The molecule has 1 unspecified atom stereocenters. The van der Waals surface area contributed by atoms with Crippen molar-refractivity contribution >= 4 is 0 Å². The van der Waals surface area contributed by atoms with E-state index in [1.807, 2.05) is 0 Å². The molecule has 0 heterocycles. The van der Waals surface area contributed by atoms with Crippen LogP contribution < -0.4 is 5.73 Å². The monoisotopic (exact) mass is 171 g/mol. The second kappa shape index (κ2) is 3.63. The molecule has 12 heavy (non-hydrogen) atoms. The molecule has 1 nitrogen and oxygen atoms in total. The zero-order valence-electron chi connectivity index (χ0n) is 6.85. The first-order chi connectivity index (χ1) is 5.66. The van der Waals surface area contributed by atoms with E-state index in [0.29, 0.717) is 11.1 Å². The third kappa shape index (κ3) is 1.61. The molecule has 1 atom stereocenters. The molecule has 3 heteroatoms. The number of hydrogen-bond acceptors (Lipinski definition) is 1. The fraction of sp³-hybridized carbons (Fsp3) is 0.333. The minimum atomic E-state index is -1.26. The van der Waals surface area contributed by atoms with Crippen LogP contribution in [0.2, 0.25) is 0 Å². The number of benzene rings is 1. The van der Waals surface area contributed by atoms with E-state index in [9.17, 15) is 8.78 Å². The predicted octanol–water partition coefficient (Wildman–Crippen LogP) is 2.10. The van der Waals surface area contributed by atoms with Crippen LogP contribution in [0.15, 0.2) is 18.2 Å². The van der Waals surface area contributed by atoms with E-state index in [2.05, 4.69) is 0 Å². The van der Waals surface area contributed by atoms with Gasteiger partial charge in [-0.1, -0.05) is 12.1 Å². The number of hydrogen-bond donors (Lipinski definition) is 1. The predicted molar refractivity (Wildman–Crippen MR) is 44.0 cm³/mol. The van der Waals surface area contributed by atoms with E-state index in [1.165, 1.54) is 12.1 Å². The van der Waals surface area contributed by atoms with Gasteiger partial charge in [-0.05, 0) is 24.1 Å². The fourth-order valence-electron chi connectivity index (χ4n) is 1.09.